The van der Waals surface area contributed by atoms with Crippen LogP contribution in [0.25, 0.3) is 0 Å². The van der Waals surface area contributed by atoms with Crippen LogP contribution in [0.3, 0.4) is 0 Å². The van der Waals surface area contributed by atoms with Gasteiger partial charge in [-0.3, -0.25) is 0 Å². The molecule has 0 amide bonds. The van der Waals surface area contributed by atoms with Crippen LogP contribution in [-0.2, 0) is 0 Å². The van der Waals surface area contributed by atoms with Gasteiger partial charge in [0, 0.05) is 6.04 Å². The molecule has 2 heteroatoms. The van der Waals surface area contributed by atoms with E-state index in [1.54, 1.807) is 0 Å². The van der Waals surface area contributed by atoms with Crippen molar-refractivity contribution >= 4 is 0 Å². The fraction of sp³-hybridized carbons (Fsp3) is 1.00. The van der Waals surface area contributed by atoms with Gasteiger partial charge in [-0.2, -0.15) is 0 Å². The second-order valence-corrected chi connectivity index (χ2v) is 5.89. The van der Waals surface area contributed by atoms with Crippen molar-refractivity contribution in [3.8, 4) is 0 Å². The molecule has 1 saturated heterocycles. The standard InChI is InChI=1S/C15H32N2/c1-4-7-14(16)8-11-17-12-9-15(5-2,6-3)10-13-17/h14H,4-13,16H2,1-3H3. The van der Waals surface area contributed by atoms with E-state index in [0.717, 1.165) is 0 Å². The maximum absolute atomic E-state index is 6.08. The molecule has 2 N–H and O–H groups in total. The number of rotatable bonds is 7. The van der Waals surface area contributed by atoms with Crippen molar-refractivity contribution in [3.05, 3.63) is 0 Å². The van der Waals surface area contributed by atoms with Crippen molar-refractivity contribution in [2.75, 3.05) is 19.6 Å². The van der Waals surface area contributed by atoms with Crippen LogP contribution in [-0.4, -0.2) is 30.6 Å². The molecule has 1 rings (SSSR count). The fourth-order valence-electron chi connectivity index (χ4n) is 3.07. The van der Waals surface area contributed by atoms with E-state index in [1.807, 2.05) is 0 Å². The van der Waals surface area contributed by atoms with Crippen LogP contribution in [0.5, 0.6) is 0 Å². The molecule has 0 aromatic rings. The maximum Gasteiger partial charge on any atom is 0.00509 e. The fourth-order valence-corrected chi connectivity index (χ4v) is 3.07. The van der Waals surface area contributed by atoms with Crippen molar-refractivity contribution in [2.45, 2.75) is 71.8 Å². The Morgan fingerprint density at radius 1 is 1.06 bits per heavy atom. The molecule has 1 unspecified atom stereocenters. The minimum atomic E-state index is 0.420. The van der Waals surface area contributed by atoms with Gasteiger partial charge in [0.25, 0.3) is 0 Å². The lowest BCUT2D eigenvalue weighted by molar-refractivity contribution is 0.0932. The smallest absolute Gasteiger partial charge is 0.00509 e. The summed E-state index contributed by atoms with van der Waals surface area (Å²) < 4.78 is 0. The summed E-state index contributed by atoms with van der Waals surface area (Å²) in [7, 11) is 0. The van der Waals surface area contributed by atoms with Crippen LogP contribution in [0.15, 0.2) is 0 Å². The Labute approximate surface area is 108 Å². The molecule has 1 aliphatic heterocycles. The second-order valence-electron chi connectivity index (χ2n) is 5.89. The Hall–Kier alpha value is -0.0800. The van der Waals surface area contributed by atoms with Gasteiger partial charge >= 0.3 is 0 Å². The van der Waals surface area contributed by atoms with Gasteiger partial charge in [0.05, 0.1) is 0 Å². The Balaban J connectivity index is 2.23. The number of nitrogens with two attached hydrogens (primary N) is 1. The summed E-state index contributed by atoms with van der Waals surface area (Å²) in [6, 6.07) is 0.420. The molecule has 1 atom stereocenters. The van der Waals surface area contributed by atoms with Crippen molar-refractivity contribution < 1.29 is 0 Å². The number of piperidine rings is 1. The maximum atomic E-state index is 6.08. The van der Waals surface area contributed by atoms with E-state index in [1.165, 1.54) is 64.6 Å². The highest BCUT2D eigenvalue weighted by molar-refractivity contribution is 4.84. The summed E-state index contributed by atoms with van der Waals surface area (Å²) in [6.07, 6.45) is 9.07. The van der Waals surface area contributed by atoms with Crippen LogP contribution in [0.4, 0.5) is 0 Å². The molecule has 0 aromatic heterocycles. The van der Waals surface area contributed by atoms with Gasteiger partial charge in [0.15, 0.2) is 0 Å². The molecule has 1 fully saturated rings. The van der Waals surface area contributed by atoms with Crippen LogP contribution < -0.4 is 5.73 Å². The van der Waals surface area contributed by atoms with Crippen LogP contribution in [0.1, 0.15) is 65.7 Å². The van der Waals surface area contributed by atoms with Crippen LogP contribution in [0.2, 0.25) is 0 Å². The second kappa shape index (κ2) is 7.38. The molecule has 1 aliphatic rings. The van der Waals surface area contributed by atoms with E-state index in [2.05, 4.69) is 25.7 Å². The summed E-state index contributed by atoms with van der Waals surface area (Å²) in [5.41, 5.74) is 6.74. The molecular weight excluding hydrogens is 208 g/mol. The zero-order valence-electron chi connectivity index (χ0n) is 12.2. The summed E-state index contributed by atoms with van der Waals surface area (Å²) >= 11 is 0. The molecule has 0 saturated carbocycles. The van der Waals surface area contributed by atoms with E-state index in [0.29, 0.717) is 11.5 Å². The zero-order valence-corrected chi connectivity index (χ0v) is 12.2. The van der Waals surface area contributed by atoms with E-state index >= 15 is 0 Å². The minimum Gasteiger partial charge on any atom is -0.328 e. The van der Waals surface area contributed by atoms with Crippen LogP contribution >= 0.6 is 0 Å². The third kappa shape index (κ3) is 4.59. The van der Waals surface area contributed by atoms with Gasteiger partial charge in [-0.15, -0.1) is 0 Å². The monoisotopic (exact) mass is 240 g/mol. The topological polar surface area (TPSA) is 29.3 Å². The van der Waals surface area contributed by atoms with E-state index in [-0.39, 0.29) is 0 Å². The first kappa shape index (κ1) is 15.0. The van der Waals surface area contributed by atoms with Gasteiger partial charge in [0.2, 0.25) is 0 Å². The predicted octanol–water partition coefficient (Wildman–Crippen LogP) is 3.41. The normalized spacial score (nSPS) is 22.6. The molecular formula is C15H32N2. The van der Waals surface area contributed by atoms with Crippen LogP contribution in [0, 0.1) is 5.41 Å². The molecule has 0 radical (unpaired) electrons. The SMILES string of the molecule is CCCC(N)CCN1CCC(CC)(CC)CC1. The van der Waals surface area contributed by atoms with Crippen molar-refractivity contribution in [1.29, 1.82) is 0 Å². The molecule has 17 heavy (non-hydrogen) atoms. The third-order valence-electron chi connectivity index (χ3n) is 4.89. The first-order valence-electron chi connectivity index (χ1n) is 7.63. The lowest BCUT2D eigenvalue weighted by Gasteiger charge is -2.41. The number of likely N-dealkylation sites (tertiary alicyclic amines) is 1. The predicted molar refractivity (Wildman–Crippen MR) is 76.2 cm³/mol. The lowest BCUT2D eigenvalue weighted by Crippen LogP contribution is -2.41. The largest absolute Gasteiger partial charge is 0.328 e. The Kier molecular flexibility index (Phi) is 6.50. The highest BCUT2D eigenvalue weighted by atomic mass is 15.1. The zero-order chi connectivity index (χ0) is 12.7. The van der Waals surface area contributed by atoms with Crippen molar-refractivity contribution in [2.24, 2.45) is 11.1 Å². The van der Waals surface area contributed by atoms with E-state index in [9.17, 15) is 0 Å². The molecule has 1 heterocycles. The Morgan fingerprint density at radius 2 is 1.65 bits per heavy atom. The number of nitrogens with zero attached hydrogens (tertiary/aromatic N) is 1. The van der Waals surface area contributed by atoms with Gasteiger partial charge in [-0.05, 0) is 50.7 Å². The van der Waals surface area contributed by atoms with E-state index in [4.69, 9.17) is 5.73 Å². The van der Waals surface area contributed by atoms with E-state index < -0.39 is 0 Å². The molecule has 2 nitrogen and oxygen atoms in total. The Bertz CT molecular complexity index is 189. The quantitative estimate of drug-likeness (QED) is 0.739. The third-order valence-corrected chi connectivity index (χ3v) is 4.89. The average molecular weight is 240 g/mol. The highest BCUT2D eigenvalue weighted by Gasteiger charge is 2.30. The molecule has 0 bridgehead atoms. The molecule has 0 spiro atoms. The lowest BCUT2D eigenvalue weighted by atomic mass is 9.74. The first-order chi connectivity index (χ1) is 8.15. The summed E-state index contributed by atoms with van der Waals surface area (Å²) in [5, 5.41) is 0. The molecule has 102 valence electrons. The van der Waals surface area contributed by atoms with Crippen molar-refractivity contribution in [3.63, 3.8) is 0 Å². The summed E-state index contributed by atoms with van der Waals surface area (Å²) in [6.45, 7) is 10.7. The highest BCUT2D eigenvalue weighted by Crippen LogP contribution is 2.37. The number of hydrogen-bond acceptors (Lipinski definition) is 2. The first-order valence-corrected chi connectivity index (χ1v) is 7.63. The summed E-state index contributed by atoms with van der Waals surface area (Å²) in [5.74, 6) is 0. The molecule has 0 aromatic carbocycles. The van der Waals surface area contributed by atoms with Crippen molar-refractivity contribution in [1.82, 2.24) is 4.90 Å². The van der Waals surface area contributed by atoms with Gasteiger partial charge < -0.3 is 10.6 Å². The van der Waals surface area contributed by atoms with Gasteiger partial charge in [-0.25, -0.2) is 0 Å². The Morgan fingerprint density at radius 3 is 2.12 bits per heavy atom. The van der Waals surface area contributed by atoms with Gasteiger partial charge in [0.1, 0.15) is 0 Å². The van der Waals surface area contributed by atoms with Gasteiger partial charge in [-0.1, -0.05) is 40.0 Å². The molecule has 0 aliphatic carbocycles. The minimum absolute atomic E-state index is 0.420. The summed E-state index contributed by atoms with van der Waals surface area (Å²) in [4.78, 5) is 2.62. The average Bonchev–Trinajstić information content (AvgIpc) is 2.37. The number of hydrogen-bond donors (Lipinski definition) is 1.